The number of hydrogen-bond donors (Lipinski definition) is 5. The van der Waals surface area contributed by atoms with Crippen LogP contribution in [0.2, 0.25) is 0 Å². The monoisotopic (exact) mass is 338 g/mol. The van der Waals surface area contributed by atoms with E-state index >= 15 is 0 Å². The minimum atomic E-state index is -1.80. The van der Waals surface area contributed by atoms with Gasteiger partial charge >= 0.3 is 7.12 Å². The molecule has 2 unspecified atom stereocenters. The molecule has 6 N–H and O–H groups in total. The summed E-state index contributed by atoms with van der Waals surface area (Å²) >= 11 is 0. The molecule has 130 valence electrons. The van der Waals surface area contributed by atoms with Gasteiger partial charge in [0.2, 0.25) is 0 Å². The first-order valence-corrected chi connectivity index (χ1v) is 7.31. The number of hydrogen-bond acceptors (Lipinski definition) is 9. The molecule has 0 bridgehead atoms. The summed E-state index contributed by atoms with van der Waals surface area (Å²) < 4.78 is 12.7. The number of aromatic nitrogens is 3. The van der Waals surface area contributed by atoms with Crippen LogP contribution >= 0.6 is 0 Å². The maximum atomic E-state index is 10.4. The van der Waals surface area contributed by atoms with Crippen LogP contribution in [0.3, 0.4) is 0 Å². The predicted octanol–water partition coefficient (Wildman–Crippen LogP) is -2.65. The van der Waals surface area contributed by atoms with Crippen molar-refractivity contribution in [2.75, 3.05) is 19.5 Å². The molecule has 1 aliphatic rings. The van der Waals surface area contributed by atoms with E-state index in [4.69, 9.17) is 15.2 Å². The molecule has 0 amide bonds. The third-order valence-electron chi connectivity index (χ3n) is 4.55. The van der Waals surface area contributed by atoms with Crippen LogP contribution in [0.25, 0.3) is 11.0 Å². The SMILES string of the molecule is CO[C@]1(C)C(O)C(CO)O[C@H]1n1cc(B(O)O)c2c(N)ncnc21. The number of ether oxygens (including phenoxy) is 2. The summed E-state index contributed by atoms with van der Waals surface area (Å²) in [5, 5.41) is 39.3. The van der Waals surface area contributed by atoms with Crippen molar-refractivity contribution < 1.29 is 29.7 Å². The Bertz CT molecular complexity index is 755. The lowest BCUT2D eigenvalue weighted by Crippen LogP contribution is -2.46. The number of aliphatic hydroxyl groups excluding tert-OH is 2. The first kappa shape index (κ1) is 17.1. The molecule has 24 heavy (non-hydrogen) atoms. The van der Waals surface area contributed by atoms with Crippen molar-refractivity contribution in [3.8, 4) is 0 Å². The molecule has 0 saturated carbocycles. The Hall–Kier alpha value is -1.76. The number of aliphatic hydroxyl groups is 2. The highest BCUT2D eigenvalue weighted by atomic mass is 16.6. The third-order valence-corrected chi connectivity index (χ3v) is 4.55. The van der Waals surface area contributed by atoms with Crippen LogP contribution in [0.1, 0.15) is 13.2 Å². The van der Waals surface area contributed by atoms with E-state index in [0.717, 1.165) is 0 Å². The second-order valence-corrected chi connectivity index (χ2v) is 5.87. The average Bonchev–Trinajstić information content (AvgIpc) is 3.06. The summed E-state index contributed by atoms with van der Waals surface area (Å²) in [5.41, 5.74) is 5.04. The van der Waals surface area contributed by atoms with Gasteiger partial charge in [-0.05, 0) is 6.92 Å². The first-order valence-electron chi connectivity index (χ1n) is 7.31. The van der Waals surface area contributed by atoms with E-state index in [1.807, 2.05) is 0 Å². The second kappa shape index (κ2) is 5.95. The van der Waals surface area contributed by atoms with Gasteiger partial charge in [0, 0.05) is 18.8 Å². The van der Waals surface area contributed by atoms with Crippen molar-refractivity contribution in [2.45, 2.75) is 31.0 Å². The van der Waals surface area contributed by atoms with Gasteiger partial charge in [0.05, 0.1) is 12.0 Å². The summed E-state index contributed by atoms with van der Waals surface area (Å²) in [6.45, 7) is 1.23. The van der Waals surface area contributed by atoms with Gasteiger partial charge in [-0.2, -0.15) is 0 Å². The van der Waals surface area contributed by atoms with Crippen LogP contribution in [0.4, 0.5) is 5.82 Å². The Labute approximate surface area is 137 Å². The van der Waals surface area contributed by atoms with Gasteiger partial charge < -0.3 is 40.0 Å². The van der Waals surface area contributed by atoms with E-state index in [1.54, 1.807) is 6.92 Å². The lowest BCUT2D eigenvalue weighted by atomic mass is 9.80. The minimum absolute atomic E-state index is 0.0817. The maximum Gasteiger partial charge on any atom is 0.490 e. The van der Waals surface area contributed by atoms with Gasteiger partial charge in [0.25, 0.3) is 0 Å². The third kappa shape index (κ3) is 2.29. The summed E-state index contributed by atoms with van der Waals surface area (Å²) in [6, 6.07) is 0. The predicted molar refractivity (Wildman–Crippen MR) is 84.2 cm³/mol. The number of rotatable bonds is 4. The van der Waals surface area contributed by atoms with Crippen LogP contribution in [0.15, 0.2) is 12.5 Å². The number of nitrogen functional groups attached to an aromatic ring is 1. The van der Waals surface area contributed by atoms with Crippen molar-refractivity contribution in [1.29, 1.82) is 0 Å². The molecule has 0 aromatic carbocycles. The van der Waals surface area contributed by atoms with Crippen LogP contribution in [0, 0.1) is 0 Å². The van der Waals surface area contributed by atoms with Crippen molar-refractivity contribution in [3.63, 3.8) is 0 Å². The van der Waals surface area contributed by atoms with E-state index in [9.17, 15) is 20.3 Å². The van der Waals surface area contributed by atoms with Crippen molar-refractivity contribution in [1.82, 2.24) is 14.5 Å². The van der Waals surface area contributed by atoms with Crippen molar-refractivity contribution >= 4 is 29.4 Å². The van der Waals surface area contributed by atoms with E-state index < -0.39 is 37.8 Å². The fourth-order valence-corrected chi connectivity index (χ4v) is 3.11. The highest BCUT2D eigenvalue weighted by Gasteiger charge is 2.55. The van der Waals surface area contributed by atoms with Gasteiger partial charge in [-0.15, -0.1) is 0 Å². The zero-order chi connectivity index (χ0) is 17.6. The van der Waals surface area contributed by atoms with Crippen molar-refractivity contribution in [2.24, 2.45) is 0 Å². The average molecular weight is 338 g/mol. The number of fused-ring (bicyclic) bond motifs is 1. The van der Waals surface area contributed by atoms with Gasteiger partial charge in [0.1, 0.15) is 35.6 Å². The highest BCUT2D eigenvalue weighted by Crippen LogP contribution is 2.41. The number of nitrogens with two attached hydrogens (primary N) is 1. The molecule has 3 heterocycles. The molecule has 11 heteroatoms. The zero-order valence-electron chi connectivity index (χ0n) is 13.2. The lowest BCUT2D eigenvalue weighted by Gasteiger charge is -2.31. The molecule has 1 saturated heterocycles. The number of methoxy groups -OCH3 is 1. The van der Waals surface area contributed by atoms with E-state index in [0.29, 0.717) is 5.65 Å². The number of nitrogens with zero attached hydrogens (tertiary/aromatic N) is 3. The Balaban J connectivity index is 2.21. The minimum Gasteiger partial charge on any atom is -0.423 e. The normalized spacial score (nSPS) is 30.2. The molecular formula is C13H19BN4O6. The Kier molecular flexibility index (Phi) is 4.24. The summed E-state index contributed by atoms with van der Waals surface area (Å²) in [4.78, 5) is 8.00. The Morgan fingerprint density at radius 3 is 2.75 bits per heavy atom. The van der Waals surface area contributed by atoms with Crippen LogP contribution in [-0.4, -0.2) is 73.4 Å². The molecule has 10 nitrogen and oxygen atoms in total. The Morgan fingerprint density at radius 1 is 1.46 bits per heavy atom. The van der Waals surface area contributed by atoms with E-state index in [1.165, 1.54) is 24.2 Å². The van der Waals surface area contributed by atoms with Crippen LogP contribution in [0.5, 0.6) is 0 Å². The molecule has 3 rings (SSSR count). The van der Waals surface area contributed by atoms with Gasteiger partial charge in [-0.1, -0.05) is 0 Å². The smallest absolute Gasteiger partial charge is 0.423 e. The maximum absolute atomic E-state index is 10.4. The molecule has 2 aromatic rings. The number of anilines is 1. The molecule has 2 aromatic heterocycles. The molecular weight excluding hydrogens is 319 g/mol. The van der Waals surface area contributed by atoms with Gasteiger partial charge in [-0.3, -0.25) is 0 Å². The molecule has 1 fully saturated rings. The second-order valence-electron chi connectivity index (χ2n) is 5.87. The molecule has 4 atom stereocenters. The topological polar surface area (TPSA) is 156 Å². The highest BCUT2D eigenvalue weighted by molar-refractivity contribution is 6.62. The van der Waals surface area contributed by atoms with Crippen LogP contribution < -0.4 is 11.2 Å². The molecule has 0 radical (unpaired) electrons. The van der Waals surface area contributed by atoms with Crippen molar-refractivity contribution in [3.05, 3.63) is 12.5 Å². The first-order chi connectivity index (χ1) is 11.3. The van der Waals surface area contributed by atoms with Crippen LogP contribution in [-0.2, 0) is 9.47 Å². The largest absolute Gasteiger partial charge is 0.490 e. The standard InChI is InChI=1S/C13H19BN4O6/c1-13(23-2)9(20)7(4-19)24-12(13)18-3-6(14(21)22)8-10(15)16-5-17-11(8)18/h3,5,7,9,12,19-22H,4H2,1-2H3,(H2,15,16,17)/t7?,9?,12-,13-/m1/s1. The molecule has 0 spiro atoms. The zero-order valence-corrected chi connectivity index (χ0v) is 13.2. The molecule has 0 aliphatic carbocycles. The van der Waals surface area contributed by atoms with Gasteiger partial charge in [-0.25, -0.2) is 9.97 Å². The van der Waals surface area contributed by atoms with Gasteiger partial charge in [0.15, 0.2) is 6.23 Å². The van der Waals surface area contributed by atoms with E-state index in [-0.39, 0.29) is 16.7 Å². The summed E-state index contributed by atoms with van der Waals surface area (Å²) in [7, 11) is -0.383. The molecule has 1 aliphatic heterocycles. The van der Waals surface area contributed by atoms with E-state index in [2.05, 4.69) is 9.97 Å². The summed E-state index contributed by atoms with van der Waals surface area (Å²) in [6.07, 6.45) is -0.190. The fraction of sp³-hybridized carbons (Fsp3) is 0.538. The quantitative estimate of drug-likeness (QED) is 0.376. The fourth-order valence-electron chi connectivity index (χ4n) is 3.11. The lowest BCUT2D eigenvalue weighted by molar-refractivity contribution is -0.118. The summed E-state index contributed by atoms with van der Waals surface area (Å²) in [5.74, 6) is 0.0817. The Morgan fingerprint density at radius 2 is 2.17 bits per heavy atom.